The Morgan fingerprint density at radius 1 is 1.00 bits per heavy atom. The summed E-state index contributed by atoms with van der Waals surface area (Å²) in [4.78, 5) is 19.1. The lowest BCUT2D eigenvalue weighted by atomic mass is 10.0. The minimum atomic E-state index is -0.282. The molecular weight excluding hydrogens is 469 g/mol. The van der Waals surface area contributed by atoms with Crippen molar-refractivity contribution < 1.29 is 9.13 Å². The summed E-state index contributed by atoms with van der Waals surface area (Å²) in [5.41, 5.74) is 6.42. The molecule has 0 bridgehead atoms. The van der Waals surface area contributed by atoms with E-state index in [0.29, 0.717) is 34.8 Å². The first-order valence-corrected chi connectivity index (χ1v) is 11.9. The van der Waals surface area contributed by atoms with E-state index in [1.54, 1.807) is 30.7 Å². The van der Waals surface area contributed by atoms with Crippen LogP contribution in [0.25, 0.3) is 55.8 Å². The Balaban J connectivity index is 1.39. The molecule has 6 rings (SSSR count). The molecule has 0 saturated heterocycles. The largest absolute Gasteiger partial charge is 0.491 e. The predicted octanol–water partition coefficient (Wildman–Crippen LogP) is 5.31. The number of pyridine rings is 3. The van der Waals surface area contributed by atoms with Crippen LogP contribution in [0.15, 0.2) is 73.2 Å². The second-order valence-corrected chi connectivity index (χ2v) is 9.01. The number of halogens is 1. The van der Waals surface area contributed by atoms with E-state index in [1.807, 2.05) is 50.5 Å². The van der Waals surface area contributed by atoms with Gasteiger partial charge in [-0.15, -0.1) is 0 Å². The Kier molecular flexibility index (Phi) is 5.82. The second-order valence-electron chi connectivity index (χ2n) is 9.01. The fraction of sp³-hybridized carbons (Fsp3) is 0.143. The summed E-state index contributed by atoms with van der Waals surface area (Å²) in [5, 5.41) is 8.39. The summed E-state index contributed by atoms with van der Waals surface area (Å²) < 4.78 is 20.4. The minimum absolute atomic E-state index is 0.282. The van der Waals surface area contributed by atoms with Crippen LogP contribution in [0.4, 0.5) is 4.39 Å². The van der Waals surface area contributed by atoms with Gasteiger partial charge in [-0.25, -0.2) is 14.4 Å². The van der Waals surface area contributed by atoms with Crippen molar-refractivity contribution in [2.45, 2.75) is 0 Å². The molecule has 0 aliphatic heterocycles. The first-order valence-electron chi connectivity index (χ1n) is 11.9. The van der Waals surface area contributed by atoms with E-state index >= 15 is 0 Å². The fourth-order valence-electron chi connectivity index (χ4n) is 4.30. The number of nitrogens with one attached hydrogen (secondary N) is 2. The first-order chi connectivity index (χ1) is 18.1. The van der Waals surface area contributed by atoms with Gasteiger partial charge in [-0.05, 0) is 56.1 Å². The zero-order valence-corrected chi connectivity index (χ0v) is 20.4. The van der Waals surface area contributed by atoms with Gasteiger partial charge >= 0.3 is 0 Å². The van der Waals surface area contributed by atoms with E-state index in [-0.39, 0.29) is 5.82 Å². The molecule has 6 aromatic rings. The van der Waals surface area contributed by atoms with Crippen LogP contribution < -0.4 is 4.74 Å². The van der Waals surface area contributed by atoms with Crippen molar-refractivity contribution in [1.82, 2.24) is 35.0 Å². The summed E-state index contributed by atoms with van der Waals surface area (Å²) in [6.45, 7) is 1.38. The lowest BCUT2D eigenvalue weighted by Crippen LogP contribution is -2.19. The maximum atomic E-state index is 14.6. The van der Waals surface area contributed by atoms with E-state index < -0.39 is 0 Å². The number of aromatic amines is 2. The Morgan fingerprint density at radius 3 is 2.76 bits per heavy atom. The maximum Gasteiger partial charge on any atom is 0.138 e. The molecule has 8 nitrogen and oxygen atoms in total. The third-order valence-electron chi connectivity index (χ3n) is 6.17. The number of likely N-dealkylation sites (N-methyl/N-ethyl adjacent to an activating group) is 1. The minimum Gasteiger partial charge on any atom is -0.491 e. The predicted molar refractivity (Wildman–Crippen MR) is 142 cm³/mol. The van der Waals surface area contributed by atoms with Crippen molar-refractivity contribution >= 4 is 22.1 Å². The van der Waals surface area contributed by atoms with E-state index in [2.05, 4.69) is 30.0 Å². The van der Waals surface area contributed by atoms with Crippen molar-refractivity contribution in [2.75, 3.05) is 27.2 Å². The smallest absolute Gasteiger partial charge is 0.138 e. The number of nitrogens with zero attached hydrogens (tertiary/aromatic N) is 5. The molecule has 1 aromatic carbocycles. The maximum absolute atomic E-state index is 14.6. The van der Waals surface area contributed by atoms with Crippen molar-refractivity contribution in [3.05, 3.63) is 79.0 Å². The molecule has 0 unspecified atom stereocenters. The average Bonchev–Trinajstić information content (AvgIpc) is 3.52. The third kappa shape index (κ3) is 4.41. The average molecular weight is 494 g/mol. The van der Waals surface area contributed by atoms with Gasteiger partial charge in [0.15, 0.2) is 0 Å². The van der Waals surface area contributed by atoms with Gasteiger partial charge in [-0.2, -0.15) is 5.10 Å². The number of hydrogen-bond acceptors (Lipinski definition) is 6. The highest BCUT2D eigenvalue weighted by atomic mass is 19.1. The van der Waals surface area contributed by atoms with Crippen LogP contribution in [0, 0.1) is 5.82 Å². The van der Waals surface area contributed by atoms with Crippen molar-refractivity contribution in [3.63, 3.8) is 0 Å². The Hall–Kier alpha value is -4.63. The monoisotopic (exact) mass is 493 g/mol. The summed E-state index contributed by atoms with van der Waals surface area (Å²) in [6, 6.07) is 16.3. The number of benzene rings is 1. The van der Waals surface area contributed by atoms with Crippen LogP contribution in [0.2, 0.25) is 0 Å². The molecule has 37 heavy (non-hydrogen) atoms. The van der Waals surface area contributed by atoms with Gasteiger partial charge in [0.25, 0.3) is 0 Å². The zero-order chi connectivity index (χ0) is 25.4. The molecule has 0 fully saturated rings. The number of hydrogen-bond donors (Lipinski definition) is 2. The molecule has 2 N–H and O–H groups in total. The summed E-state index contributed by atoms with van der Waals surface area (Å²) in [6.07, 6.45) is 5.13. The van der Waals surface area contributed by atoms with Gasteiger partial charge < -0.3 is 14.6 Å². The normalized spacial score (nSPS) is 11.6. The SMILES string of the molecule is CN(C)CCOc1cncc(-c2ccc3[nH]nc(-c4cc5c(-c6ccccc6F)ccnc5[nH]4)c3n2)c1. The summed E-state index contributed by atoms with van der Waals surface area (Å²) >= 11 is 0. The van der Waals surface area contributed by atoms with E-state index in [9.17, 15) is 4.39 Å². The van der Waals surface area contributed by atoms with Gasteiger partial charge in [0.1, 0.15) is 35.0 Å². The highest BCUT2D eigenvalue weighted by Gasteiger charge is 2.17. The zero-order valence-electron chi connectivity index (χ0n) is 20.4. The molecule has 0 saturated carbocycles. The Bertz CT molecular complexity index is 1720. The molecule has 9 heteroatoms. The van der Waals surface area contributed by atoms with Gasteiger partial charge in [-0.3, -0.25) is 10.1 Å². The molecule has 0 amide bonds. The fourth-order valence-corrected chi connectivity index (χ4v) is 4.30. The number of H-pyrrole nitrogens is 2. The van der Waals surface area contributed by atoms with Crippen LogP contribution in [-0.2, 0) is 0 Å². The van der Waals surface area contributed by atoms with E-state index in [0.717, 1.165) is 40.0 Å². The molecule has 0 spiro atoms. The van der Waals surface area contributed by atoms with E-state index in [4.69, 9.17) is 9.72 Å². The second kappa shape index (κ2) is 9.44. The van der Waals surface area contributed by atoms with Crippen LogP contribution >= 0.6 is 0 Å². The number of rotatable bonds is 7. The highest BCUT2D eigenvalue weighted by molar-refractivity contribution is 5.99. The third-order valence-corrected chi connectivity index (χ3v) is 6.17. The summed E-state index contributed by atoms with van der Waals surface area (Å²) in [7, 11) is 4.01. The number of aromatic nitrogens is 6. The van der Waals surface area contributed by atoms with Crippen molar-refractivity contribution in [2.24, 2.45) is 0 Å². The topological polar surface area (TPSA) is 95.6 Å². The first kappa shape index (κ1) is 22.8. The van der Waals surface area contributed by atoms with Gasteiger partial charge in [0.2, 0.25) is 0 Å². The lowest BCUT2D eigenvalue weighted by molar-refractivity contribution is 0.261. The van der Waals surface area contributed by atoms with Gasteiger partial charge in [0, 0.05) is 35.5 Å². The van der Waals surface area contributed by atoms with Crippen LogP contribution in [0.1, 0.15) is 0 Å². The van der Waals surface area contributed by atoms with E-state index in [1.165, 1.54) is 6.07 Å². The van der Waals surface area contributed by atoms with Crippen molar-refractivity contribution in [1.29, 1.82) is 0 Å². The van der Waals surface area contributed by atoms with Gasteiger partial charge in [-0.1, -0.05) is 18.2 Å². The number of fused-ring (bicyclic) bond motifs is 2. The van der Waals surface area contributed by atoms with Crippen LogP contribution in [-0.4, -0.2) is 62.3 Å². The molecule has 5 aromatic heterocycles. The molecule has 0 aliphatic carbocycles. The van der Waals surface area contributed by atoms with Crippen LogP contribution in [0.3, 0.4) is 0 Å². The summed E-state index contributed by atoms with van der Waals surface area (Å²) in [5.74, 6) is 0.409. The van der Waals surface area contributed by atoms with Gasteiger partial charge in [0.05, 0.1) is 23.1 Å². The van der Waals surface area contributed by atoms with Crippen molar-refractivity contribution in [3.8, 4) is 39.5 Å². The highest BCUT2D eigenvalue weighted by Crippen LogP contribution is 2.34. The van der Waals surface area contributed by atoms with Crippen LogP contribution in [0.5, 0.6) is 5.75 Å². The standard InChI is InChI=1S/C28H24FN7O/c1-36(2)11-12-37-18-13-17(15-30-16-18)23-7-8-24-26(32-23)27(35-34-24)25-14-21-19(9-10-31-28(21)33-25)20-5-3-4-6-22(20)29/h3-10,13-16H,11-12H2,1-2H3,(H,31,33)(H,34,35). The molecule has 0 atom stereocenters. The Labute approximate surface area is 212 Å². The lowest BCUT2D eigenvalue weighted by Gasteiger charge is -2.11. The number of ether oxygens (including phenoxy) is 1. The Morgan fingerprint density at radius 2 is 1.89 bits per heavy atom. The quantitative estimate of drug-likeness (QED) is 0.313. The molecular formula is C28H24FN7O. The molecule has 0 aliphatic rings. The molecule has 0 radical (unpaired) electrons. The molecule has 184 valence electrons. The molecule has 5 heterocycles.